The minimum atomic E-state index is 0.0804. The summed E-state index contributed by atoms with van der Waals surface area (Å²) in [5.74, 6) is 0.511. The van der Waals surface area contributed by atoms with Crippen LogP contribution in [0.1, 0.15) is 19.0 Å². The van der Waals surface area contributed by atoms with E-state index in [9.17, 15) is 4.79 Å². The van der Waals surface area contributed by atoms with Gasteiger partial charge in [0.05, 0.1) is 6.61 Å². The molecule has 0 radical (unpaired) electrons. The lowest BCUT2D eigenvalue weighted by molar-refractivity contribution is 0.173. The zero-order valence-electron chi connectivity index (χ0n) is 11.2. The lowest BCUT2D eigenvalue weighted by Crippen LogP contribution is -2.42. The molecule has 4 nitrogen and oxygen atoms in total. The number of pyridine rings is 1. The van der Waals surface area contributed by atoms with Crippen molar-refractivity contribution in [2.75, 3.05) is 19.8 Å². The van der Waals surface area contributed by atoms with Crippen molar-refractivity contribution in [3.63, 3.8) is 0 Å². The van der Waals surface area contributed by atoms with Crippen molar-refractivity contribution >= 4 is 0 Å². The standard InChI is InChI=1S/C14H22N2O2/c1-3-15-13(12-7-8-18-10-12)9-16-11(2)5-4-6-14(16)17/h4-6,12-13,15H,3,7-10H2,1-2H3. The molecule has 2 unspecified atom stereocenters. The normalized spacial score (nSPS) is 21.1. The van der Waals surface area contributed by atoms with Gasteiger partial charge in [0.1, 0.15) is 0 Å². The van der Waals surface area contributed by atoms with Gasteiger partial charge >= 0.3 is 0 Å². The predicted octanol–water partition coefficient (Wildman–Crippen LogP) is 1.17. The third kappa shape index (κ3) is 3.00. The highest BCUT2D eigenvalue weighted by Crippen LogP contribution is 2.18. The van der Waals surface area contributed by atoms with Gasteiger partial charge in [0.15, 0.2) is 0 Å². The number of nitrogens with zero attached hydrogens (tertiary/aromatic N) is 1. The first-order valence-corrected chi connectivity index (χ1v) is 6.70. The van der Waals surface area contributed by atoms with Gasteiger partial charge in [-0.1, -0.05) is 13.0 Å². The molecule has 1 aromatic heterocycles. The topological polar surface area (TPSA) is 43.3 Å². The van der Waals surface area contributed by atoms with Crippen LogP contribution < -0.4 is 10.9 Å². The highest BCUT2D eigenvalue weighted by Gasteiger charge is 2.25. The Hall–Kier alpha value is -1.13. The van der Waals surface area contributed by atoms with Crippen molar-refractivity contribution in [2.45, 2.75) is 32.9 Å². The molecule has 2 atom stereocenters. The van der Waals surface area contributed by atoms with Crippen LogP contribution in [0.2, 0.25) is 0 Å². The molecule has 0 aliphatic carbocycles. The Labute approximate surface area is 108 Å². The zero-order valence-corrected chi connectivity index (χ0v) is 11.2. The van der Waals surface area contributed by atoms with Gasteiger partial charge in [-0.2, -0.15) is 0 Å². The van der Waals surface area contributed by atoms with Crippen LogP contribution in [0, 0.1) is 12.8 Å². The highest BCUT2D eigenvalue weighted by molar-refractivity contribution is 5.05. The Balaban J connectivity index is 2.15. The SMILES string of the molecule is CCNC(Cn1c(C)cccc1=O)C1CCOC1. The van der Waals surface area contributed by atoms with E-state index in [1.165, 1.54) is 0 Å². The van der Waals surface area contributed by atoms with Crippen molar-refractivity contribution in [3.8, 4) is 0 Å². The van der Waals surface area contributed by atoms with Crippen LogP contribution in [0.15, 0.2) is 23.0 Å². The molecular weight excluding hydrogens is 228 g/mol. The van der Waals surface area contributed by atoms with E-state index < -0.39 is 0 Å². The van der Waals surface area contributed by atoms with E-state index in [2.05, 4.69) is 12.2 Å². The van der Waals surface area contributed by atoms with Crippen molar-refractivity contribution in [2.24, 2.45) is 5.92 Å². The predicted molar refractivity (Wildman–Crippen MR) is 71.8 cm³/mol. The molecule has 1 fully saturated rings. The number of nitrogens with one attached hydrogen (secondary N) is 1. The quantitative estimate of drug-likeness (QED) is 0.853. The smallest absolute Gasteiger partial charge is 0.250 e. The molecule has 0 amide bonds. The van der Waals surface area contributed by atoms with E-state index in [1.54, 1.807) is 6.07 Å². The molecule has 1 aromatic rings. The van der Waals surface area contributed by atoms with Gasteiger partial charge < -0.3 is 14.6 Å². The summed E-state index contributed by atoms with van der Waals surface area (Å²) in [4.78, 5) is 11.9. The lowest BCUT2D eigenvalue weighted by Gasteiger charge is -2.25. The molecule has 4 heteroatoms. The Morgan fingerprint density at radius 3 is 3.00 bits per heavy atom. The summed E-state index contributed by atoms with van der Waals surface area (Å²) in [7, 11) is 0. The van der Waals surface area contributed by atoms with Crippen LogP contribution in [0.25, 0.3) is 0 Å². The van der Waals surface area contributed by atoms with Crippen LogP contribution in [0.4, 0.5) is 0 Å². The number of ether oxygens (including phenoxy) is 1. The number of aromatic nitrogens is 1. The molecule has 1 aliphatic rings. The lowest BCUT2D eigenvalue weighted by atomic mass is 9.98. The first kappa shape index (κ1) is 13.3. The highest BCUT2D eigenvalue weighted by atomic mass is 16.5. The Kier molecular flexibility index (Phi) is 4.55. The third-order valence-electron chi connectivity index (χ3n) is 3.65. The van der Waals surface area contributed by atoms with Gasteiger partial charge in [0.2, 0.25) is 0 Å². The summed E-state index contributed by atoms with van der Waals surface area (Å²) in [6.45, 7) is 7.38. The van der Waals surface area contributed by atoms with E-state index in [0.717, 1.165) is 38.4 Å². The fourth-order valence-corrected chi connectivity index (χ4v) is 2.57. The average Bonchev–Trinajstić information content (AvgIpc) is 2.86. The monoisotopic (exact) mass is 250 g/mol. The number of hydrogen-bond acceptors (Lipinski definition) is 3. The summed E-state index contributed by atoms with van der Waals surface area (Å²) in [6, 6.07) is 5.74. The first-order valence-electron chi connectivity index (χ1n) is 6.70. The molecule has 0 bridgehead atoms. The van der Waals surface area contributed by atoms with Crippen molar-refractivity contribution < 1.29 is 4.74 Å². The first-order chi connectivity index (χ1) is 8.72. The van der Waals surface area contributed by atoms with Crippen LogP contribution in [0.5, 0.6) is 0 Å². The van der Waals surface area contributed by atoms with Gasteiger partial charge in [0.25, 0.3) is 5.56 Å². The summed E-state index contributed by atoms with van der Waals surface area (Å²) >= 11 is 0. The van der Waals surface area contributed by atoms with E-state index in [4.69, 9.17) is 4.74 Å². The van der Waals surface area contributed by atoms with Gasteiger partial charge in [-0.05, 0) is 26.0 Å². The second-order valence-electron chi connectivity index (χ2n) is 4.90. The van der Waals surface area contributed by atoms with Crippen LogP contribution in [-0.4, -0.2) is 30.4 Å². The van der Waals surface area contributed by atoms with Gasteiger partial charge in [0, 0.05) is 36.9 Å². The van der Waals surface area contributed by atoms with E-state index >= 15 is 0 Å². The van der Waals surface area contributed by atoms with Crippen LogP contribution in [-0.2, 0) is 11.3 Å². The summed E-state index contributed by atoms with van der Waals surface area (Å²) < 4.78 is 7.31. The second-order valence-corrected chi connectivity index (χ2v) is 4.90. The maximum absolute atomic E-state index is 11.9. The molecule has 100 valence electrons. The molecule has 0 aromatic carbocycles. The number of hydrogen-bond donors (Lipinski definition) is 1. The molecule has 2 heterocycles. The van der Waals surface area contributed by atoms with Crippen LogP contribution >= 0.6 is 0 Å². The molecule has 0 saturated carbocycles. The molecule has 0 spiro atoms. The van der Waals surface area contributed by atoms with E-state index in [-0.39, 0.29) is 5.56 Å². The minimum absolute atomic E-state index is 0.0804. The molecule has 1 aliphatic heterocycles. The molecule has 1 saturated heterocycles. The largest absolute Gasteiger partial charge is 0.381 e. The number of rotatable bonds is 5. The third-order valence-corrected chi connectivity index (χ3v) is 3.65. The maximum Gasteiger partial charge on any atom is 0.250 e. The molecule has 1 N–H and O–H groups in total. The van der Waals surface area contributed by atoms with E-state index in [1.807, 2.05) is 23.6 Å². The number of aryl methyl sites for hydroxylation is 1. The minimum Gasteiger partial charge on any atom is -0.381 e. The summed E-state index contributed by atoms with van der Waals surface area (Å²) in [5, 5.41) is 3.49. The molecule has 2 rings (SSSR count). The zero-order chi connectivity index (χ0) is 13.0. The second kappa shape index (κ2) is 6.16. The molecular formula is C14H22N2O2. The number of likely N-dealkylation sites (N-methyl/N-ethyl adjacent to an activating group) is 1. The summed E-state index contributed by atoms with van der Waals surface area (Å²) in [6.07, 6.45) is 1.08. The van der Waals surface area contributed by atoms with Crippen molar-refractivity contribution in [1.29, 1.82) is 0 Å². The van der Waals surface area contributed by atoms with E-state index in [0.29, 0.717) is 12.0 Å². The van der Waals surface area contributed by atoms with Gasteiger partial charge in [-0.3, -0.25) is 4.79 Å². The van der Waals surface area contributed by atoms with Gasteiger partial charge in [-0.25, -0.2) is 0 Å². The fourth-order valence-electron chi connectivity index (χ4n) is 2.57. The molecule has 18 heavy (non-hydrogen) atoms. The summed E-state index contributed by atoms with van der Waals surface area (Å²) in [5.41, 5.74) is 1.10. The van der Waals surface area contributed by atoms with Crippen molar-refractivity contribution in [1.82, 2.24) is 9.88 Å². The van der Waals surface area contributed by atoms with Gasteiger partial charge in [-0.15, -0.1) is 0 Å². The van der Waals surface area contributed by atoms with Crippen LogP contribution in [0.3, 0.4) is 0 Å². The maximum atomic E-state index is 11.9. The average molecular weight is 250 g/mol. The Morgan fingerprint density at radius 1 is 1.56 bits per heavy atom. The fraction of sp³-hybridized carbons (Fsp3) is 0.643. The van der Waals surface area contributed by atoms with Crippen molar-refractivity contribution in [3.05, 3.63) is 34.2 Å². The Morgan fingerprint density at radius 2 is 2.39 bits per heavy atom. The Bertz CT molecular complexity index is 436.